The van der Waals surface area contributed by atoms with Gasteiger partial charge in [-0.15, -0.1) is 10.2 Å². The number of hydrogen-bond acceptors (Lipinski definition) is 6. The van der Waals surface area contributed by atoms with Crippen molar-refractivity contribution >= 4 is 21.6 Å². The summed E-state index contributed by atoms with van der Waals surface area (Å²) in [7, 11) is -1.29. The Morgan fingerprint density at radius 2 is 2.08 bits per heavy atom. The van der Waals surface area contributed by atoms with Crippen molar-refractivity contribution in [1.29, 1.82) is 0 Å². The van der Waals surface area contributed by atoms with E-state index in [9.17, 15) is 8.42 Å². The van der Waals surface area contributed by atoms with Crippen LogP contribution in [0.5, 0.6) is 0 Å². The third kappa shape index (κ3) is 3.99. The van der Waals surface area contributed by atoms with E-state index in [1.165, 1.54) is 11.8 Å². The maximum Gasteiger partial charge on any atom is 0.190 e. The Balaban J connectivity index is 1.60. The SMILES string of the molecule is Cn1c(SCCS(=O)(=O)c2ccccc2)nnc1[C@@H]1CCCNC1. The maximum absolute atomic E-state index is 12.3. The summed E-state index contributed by atoms with van der Waals surface area (Å²) in [4.78, 5) is 0.373. The third-order valence-corrected chi connectivity index (χ3v) is 7.23. The average molecular weight is 367 g/mol. The fourth-order valence-electron chi connectivity index (χ4n) is 2.87. The minimum Gasteiger partial charge on any atom is -0.316 e. The highest BCUT2D eigenvalue weighted by Gasteiger charge is 2.22. The molecule has 8 heteroatoms. The van der Waals surface area contributed by atoms with E-state index in [1.807, 2.05) is 17.7 Å². The zero-order valence-corrected chi connectivity index (χ0v) is 15.3. The topological polar surface area (TPSA) is 76.9 Å². The number of sulfone groups is 1. The minimum absolute atomic E-state index is 0.0921. The molecule has 2 aromatic rings. The minimum atomic E-state index is -3.25. The van der Waals surface area contributed by atoms with Gasteiger partial charge < -0.3 is 9.88 Å². The molecule has 130 valence electrons. The van der Waals surface area contributed by atoms with E-state index in [4.69, 9.17) is 0 Å². The molecule has 0 unspecified atom stereocenters. The predicted molar refractivity (Wildman–Crippen MR) is 95.1 cm³/mol. The van der Waals surface area contributed by atoms with Crippen LogP contribution in [0.3, 0.4) is 0 Å². The number of nitrogens with zero attached hydrogens (tertiary/aromatic N) is 3. The van der Waals surface area contributed by atoms with Crippen molar-refractivity contribution in [3.05, 3.63) is 36.2 Å². The quantitative estimate of drug-likeness (QED) is 0.786. The summed E-state index contributed by atoms with van der Waals surface area (Å²) in [5, 5.41) is 12.7. The normalized spacial score (nSPS) is 18.6. The molecule has 1 aliphatic heterocycles. The van der Waals surface area contributed by atoms with Crippen molar-refractivity contribution in [2.45, 2.75) is 28.8 Å². The highest BCUT2D eigenvalue weighted by atomic mass is 32.2. The van der Waals surface area contributed by atoms with Gasteiger partial charge in [-0.2, -0.15) is 0 Å². The second-order valence-corrected chi connectivity index (χ2v) is 9.09. The first-order valence-corrected chi connectivity index (χ1v) is 10.7. The van der Waals surface area contributed by atoms with Crippen molar-refractivity contribution in [1.82, 2.24) is 20.1 Å². The molecule has 1 atom stereocenters. The lowest BCUT2D eigenvalue weighted by Gasteiger charge is -2.21. The second kappa shape index (κ2) is 7.67. The monoisotopic (exact) mass is 366 g/mol. The van der Waals surface area contributed by atoms with Crippen LogP contribution in [0, 0.1) is 0 Å². The van der Waals surface area contributed by atoms with Gasteiger partial charge in [0.25, 0.3) is 0 Å². The summed E-state index contributed by atoms with van der Waals surface area (Å²) in [5.74, 6) is 1.93. The largest absolute Gasteiger partial charge is 0.316 e. The lowest BCUT2D eigenvalue weighted by atomic mass is 9.99. The Kier molecular flexibility index (Phi) is 5.57. The molecular formula is C16H22N4O2S2. The molecule has 2 heterocycles. The summed E-state index contributed by atoms with van der Waals surface area (Å²) >= 11 is 1.44. The van der Waals surface area contributed by atoms with Crippen molar-refractivity contribution < 1.29 is 8.42 Å². The molecule has 1 fully saturated rings. The van der Waals surface area contributed by atoms with Crippen LogP contribution in [-0.2, 0) is 16.9 Å². The van der Waals surface area contributed by atoms with Gasteiger partial charge in [-0.1, -0.05) is 30.0 Å². The Labute approximate surface area is 147 Å². The zero-order valence-electron chi connectivity index (χ0n) is 13.7. The van der Waals surface area contributed by atoms with Gasteiger partial charge in [-0.25, -0.2) is 8.42 Å². The van der Waals surface area contributed by atoms with Crippen LogP contribution in [0.4, 0.5) is 0 Å². The summed E-state index contributed by atoms with van der Waals surface area (Å²) < 4.78 is 26.6. The Morgan fingerprint density at radius 3 is 2.79 bits per heavy atom. The van der Waals surface area contributed by atoms with E-state index in [0.717, 1.165) is 36.9 Å². The first-order valence-electron chi connectivity index (χ1n) is 8.08. The van der Waals surface area contributed by atoms with E-state index in [1.54, 1.807) is 24.3 Å². The van der Waals surface area contributed by atoms with Gasteiger partial charge in [0, 0.05) is 25.3 Å². The smallest absolute Gasteiger partial charge is 0.190 e. The van der Waals surface area contributed by atoms with Crippen LogP contribution in [0.1, 0.15) is 24.6 Å². The fraction of sp³-hybridized carbons (Fsp3) is 0.500. The standard InChI is InChI=1S/C16H22N4O2S2/c1-20-15(13-6-5-9-17-12-13)18-19-16(20)23-10-11-24(21,22)14-7-3-2-4-8-14/h2-4,7-8,13,17H,5-6,9-12H2,1H3/t13-/m1/s1. The molecule has 0 aliphatic carbocycles. The number of rotatable bonds is 6. The highest BCUT2D eigenvalue weighted by Crippen LogP contribution is 2.25. The number of piperidine rings is 1. The molecule has 1 N–H and O–H groups in total. The number of thioether (sulfide) groups is 1. The number of benzene rings is 1. The van der Waals surface area contributed by atoms with Crippen LogP contribution >= 0.6 is 11.8 Å². The van der Waals surface area contributed by atoms with E-state index in [0.29, 0.717) is 16.6 Å². The third-order valence-electron chi connectivity index (χ3n) is 4.22. The first-order chi connectivity index (χ1) is 11.6. The molecule has 0 amide bonds. The molecule has 1 aromatic heterocycles. The van der Waals surface area contributed by atoms with E-state index >= 15 is 0 Å². The van der Waals surface area contributed by atoms with E-state index < -0.39 is 9.84 Å². The number of aromatic nitrogens is 3. The average Bonchev–Trinajstić information content (AvgIpc) is 2.97. The molecule has 0 bridgehead atoms. The van der Waals surface area contributed by atoms with Crippen LogP contribution in [0.15, 0.2) is 40.4 Å². The zero-order chi connectivity index (χ0) is 17.0. The van der Waals surface area contributed by atoms with Gasteiger partial charge in [0.1, 0.15) is 5.82 Å². The molecule has 1 saturated heterocycles. The molecular weight excluding hydrogens is 344 g/mol. The van der Waals surface area contributed by atoms with Gasteiger partial charge in [0.2, 0.25) is 0 Å². The molecule has 6 nitrogen and oxygen atoms in total. The Morgan fingerprint density at radius 1 is 1.29 bits per heavy atom. The van der Waals surface area contributed by atoms with E-state index in [-0.39, 0.29) is 5.75 Å². The molecule has 0 saturated carbocycles. The van der Waals surface area contributed by atoms with Crippen LogP contribution in [0.25, 0.3) is 0 Å². The van der Waals surface area contributed by atoms with Gasteiger partial charge in [0.05, 0.1) is 10.6 Å². The summed E-state index contributed by atoms with van der Waals surface area (Å²) in [5.41, 5.74) is 0. The molecule has 0 spiro atoms. The lowest BCUT2D eigenvalue weighted by molar-refractivity contribution is 0.436. The number of nitrogens with one attached hydrogen (secondary N) is 1. The van der Waals surface area contributed by atoms with Gasteiger partial charge in [0.15, 0.2) is 15.0 Å². The molecule has 24 heavy (non-hydrogen) atoms. The molecule has 3 rings (SSSR count). The van der Waals surface area contributed by atoms with E-state index in [2.05, 4.69) is 15.5 Å². The van der Waals surface area contributed by atoms with Gasteiger partial charge in [-0.05, 0) is 31.5 Å². The Bertz CT molecular complexity index is 769. The van der Waals surface area contributed by atoms with Gasteiger partial charge in [-0.3, -0.25) is 0 Å². The van der Waals surface area contributed by atoms with Gasteiger partial charge >= 0.3 is 0 Å². The van der Waals surface area contributed by atoms with Crippen molar-refractivity contribution in [2.75, 3.05) is 24.6 Å². The van der Waals surface area contributed by atoms with Crippen LogP contribution in [-0.4, -0.2) is 47.8 Å². The summed E-state index contributed by atoms with van der Waals surface area (Å²) in [6.45, 7) is 1.99. The predicted octanol–water partition coefficient (Wildman–Crippen LogP) is 1.85. The first kappa shape index (κ1) is 17.4. The number of hydrogen-bond donors (Lipinski definition) is 1. The summed E-state index contributed by atoms with van der Waals surface area (Å²) in [6, 6.07) is 8.57. The Hall–Kier alpha value is -1.38. The highest BCUT2D eigenvalue weighted by molar-refractivity contribution is 8.00. The maximum atomic E-state index is 12.3. The van der Waals surface area contributed by atoms with Crippen LogP contribution < -0.4 is 5.32 Å². The molecule has 1 aromatic carbocycles. The van der Waals surface area contributed by atoms with Crippen LogP contribution in [0.2, 0.25) is 0 Å². The molecule has 1 aliphatic rings. The summed E-state index contributed by atoms with van der Waals surface area (Å²) in [6.07, 6.45) is 2.27. The van der Waals surface area contributed by atoms with Crippen molar-refractivity contribution in [3.8, 4) is 0 Å². The molecule has 0 radical (unpaired) electrons. The van der Waals surface area contributed by atoms with Crippen molar-refractivity contribution in [3.63, 3.8) is 0 Å². The fourth-order valence-corrected chi connectivity index (χ4v) is 5.45. The second-order valence-electron chi connectivity index (χ2n) is 5.92. The van der Waals surface area contributed by atoms with Crippen molar-refractivity contribution in [2.24, 2.45) is 7.05 Å². The lowest BCUT2D eigenvalue weighted by Crippen LogP contribution is -2.29.